The van der Waals surface area contributed by atoms with Gasteiger partial charge in [0.2, 0.25) is 0 Å². The maximum absolute atomic E-state index is 11.1. The number of nitrogens with zero attached hydrogens (tertiary/aromatic N) is 1. The predicted octanol–water partition coefficient (Wildman–Crippen LogP) is 5.71. The largest absolute Gasteiger partial charge is 0.491 e. The predicted molar refractivity (Wildman–Crippen MR) is 134 cm³/mol. The van der Waals surface area contributed by atoms with Crippen molar-refractivity contribution in [2.45, 2.75) is 30.8 Å². The Labute approximate surface area is 203 Å². The molecule has 1 aromatic heterocycles. The molecule has 6 nitrogen and oxygen atoms in total. The fraction of sp³-hybridized carbons (Fsp3) is 0.222. The average Bonchev–Trinajstić information content (AvgIpc) is 2.84. The maximum Gasteiger partial charge on any atom is 0.335 e. The Kier molecular flexibility index (Phi) is 9.73. The summed E-state index contributed by atoms with van der Waals surface area (Å²) < 4.78 is 5.90. The summed E-state index contributed by atoms with van der Waals surface area (Å²) in [6, 6.07) is 20.9. The van der Waals surface area contributed by atoms with Crippen molar-refractivity contribution in [3.8, 4) is 5.75 Å². The summed E-state index contributed by atoms with van der Waals surface area (Å²) in [5, 5.41) is 18.1. The molecule has 2 N–H and O–H groups in total. The fourth-order valence-corrected chi connectivity index (χ4v) is 4.19. The Morgan fingerprint density at radius 1 is 0.912 bits per heavy atom. The molecular weight excluding hydrogens is 450 g/mol. The number of carbonyl (C=O) groups is 2. The summed E-state index contributed by atoms with van der Waals surface area (Å²) in [6.07, 6.45) is 5.37. The summed E-state index contributed by atoms with van der Waals surface area (Å²) in [6.45, 7) is 0.524. The molecular formula is C27H27NO5S. The van der Waals surface area contributed by atoms with Gasteiger partial charge in [-0.15, -0.1) is 0 Å². The van der Waals surface area contributed by atoms with Crippen molar-refractivity contribution in [1.29, 1.82) is 0 Å². The Morgan fingerprint density at radius 3 is 2.47 bits per heavy atom. The van der Waals surface area contributed by atoms with Gasteiger partial charge in [-0.2, -0.15) is 11.8 Å². The van der Waals surface area contributed by atoms with Gasteiger partial charge in [-0.05, 0) is 60.7 Å². The number of ether oxygens (including phenoxy) is 1. The highest BCUT2D eigenvalue weighted by Gasteiger charge is 2.08. The number of rotatable bonds is 13. The van der Waals surface area contributed by atoms with Crippen molar-refractivity contribution in [3.63, 3.8) is 0 Å². The molecule has 0 radical (unpaired) electrons. The Bertz CT molecular complexity index is 1130. The summed E-state index contributed by atoms with van der Waals surface area (Å²) >= 11 is 1.60. The second-order valence-electron chi connectivity index (χ2n) is 7.65. The van der Waals surface area contributed by atoms with Gasteiger partial charge in [-0.1, -0.05) is 42.5 Å². The third kappa shape index (κ3) is 8.41. The molecule has 0 atom stereocenters. The number of carboxylic acids is 2. The van der Waals surface area contributed by atoms with Crippen LogP contribution in [0.2, 0.25) is 0 Å². The molecule has 0 aliphatic carbocycles. The zero-order valence-corrected chi connectivity index (χ0v) is 19.5. The monoisotopic (exact) mass is 477 g/mol. The van der Waals surface area contributed by atoms with E-state index in [0.717, 1.165) is 36.6 Å². The molecule has 3 aromatic rings. The standard InChI is InChI=1S/C27H27NO5S/c29-26(30)15-13-24-25(33-16-5-4-9-20-7-2-1-3-8-20)14-12-23(28-24)19-34-18-21-10-6-11-22(17-21)27(31)32/h1-3,6-8,10-15,17H,4-5,9,16,18-19H2,(H,29,30)(H,31,32)/b15-13+. The molecule has 3 rings (SSSR count). The van der Waals surface area contributed by atoms with Crippen LogP contribution in [0.3, 0.4) is 0 Å². The Balaban J connectivity index is 1.55. The molecule has 0 bridgehead atoms. The van der Waals surface area contributed by atoms with Gasteiger partial charge in [-0.25, -0.2) is 14.6 Å². The molecule has 0 saturated heterocycles. The van der Waals surface area contributed by atoms with Gasteiger partial charge in [0.25, 0.3) is 0 Å². The van der Waals surface area contributed by atoms with Crippen molar-refractivity contribution < 1.29 is 24.5 Å². The highest BCUT2D eigenvalue weighted by Crippen LogP contribution is 2.23. The lowest BCUT2D eigenvalue weighted by atomic mass is 10.1. The van der Waals surface area contributed by atoms with E-state index < -0.39 is 11.9 Å². The second kappa shape index (κ2) is 13.2. The third-order valence-electron chi connectivity index (χ3n) is 4.98. The molecule has 0 unspecified atom stereocenters. The van der Waals surface area contributed by atoms with E-state index in [2.05, 4.69) is 17.1 Å². The van der Waals surface area contributed by atoms with Gasteiger partial charge < -0.3 is 14.9 Å². The van der Waals surface area contributed by atoms with Crippen molar-refractivity contribution in [2.24, 2.45) is 0 Å². The van der Waals surface area contributed by atoms with Gasteiger partial charge in [0.05, 0.1) is 17.9 Å². The van der Waals surface area contributed by atoms with Crippen molar-refractivity contribution >= 4 is 29.8 Å². The van der Waals surface area contributed by atoms with Crippen LogP contribution >= 0.6 is 11.8 Å². The van der Waals surface area contributed by atoms with E-state index in [0.29, 0.717) is 29.6 Å². The molecule has 0 saturated carbocycles. The summed E-state index contributed by atoms with van der Waals surface area (Å²) in [5.41, 5.74) is 3.76. The van der Waals surface area contributed by atoms with E-state index in [4.69, 9.17) is 14.9 Å². The lowest BCUT2D eigenvalue weighted by Gasteiger charge is -2.11. The first-order valence-corrected chi connectivity index (χ1v) is 12.1. The minimum atomic E-state index is -1.05. The van der Waals surface area contributed by atoms with Gasteiger partial charge in [-0.3, -0.25) is 0 Å². The van der Waals surface area contributed by atoms with Crippen LogP contribution in [0.4, 0.5) is 0 Å². The Morgan fingerprint density at radius 2 is 1.71 bits per heavy atom. The number of thioether (sulfide) groups is 1. The lowest BCUT2D eigenvalue weighted by molar-refractivity contribution is -0.131. The fourth-order valence-electron chi connectivity index (χ4n) is 3.30. The van der Waals surface area contributed by atoms with E-state index in [-0.39, 0.29) is 5.56 Å². The van der Waals surface area contributed by atoms with Gasteiger partial charge in [0.15, 0.2) is 0 Å². The molecule has 0 amide bonds. The molecule has 0 aliphatic rings. The molecule has 0 aliphatic heterocycles. The third-order valence-corrected chi connectivity index (χ3v) is 6.02. The number of benzene rings is 2. The molecule has 0 spiro atoms. The van der Waals surface area contributed by atoms with E-state index in [1.54, 1.807) is 30.0 Å². The summed E-state index contributed by atoms with van der Waals surface area (Å²) in [7, 11) is 0. The Hall–Kier alpha value is -3.58. The first-order chi connectivity index (χ1) is 16.5. The van der Waals surface area contributed by atoms with Crippen LogP contribution in [0.15, 0.2) is 72.8 Å². The number of aliphatic carboxylic acids is 1. The van der Waals surface area contributed by atoms with Crippen LogP contribution < -0.4 is 4.74 Å². The molecule has 2 aromatic carbocycles. The van der Waals surface area contributed by atoms with Crippen LogP contribution in [0.1, 0.15) is 45.7 Å². The highest BCUT2D eigenvalue weighted by atomic mass is 32.2. The van der Waals surface area contributed by atoms with Crippen LogP contribution in [0.25, 0.3) is 6.08 Å². The number of carboxylic acid groups (broad SMARTS) is 2. The quantitative estimate of drug-likeness (QED) is 0.240. The second-order valence-corrected chi connectivity index (χ2v) is 8.63. The van der Waals surface area contributed by atoms with E-state index in [1.165, 1.54) is 11.6 Å². The first kappa shape index (κ1) is 25.1. The summed E-state index contributed by atoms with van der Waals surface area (Å²) in [4.78, 5) is 26.7. The molecule has 7 heteroatoms. The van der Waals surface area contributed by atoms with Crippen molar-refractivity contribution in [1.82, 2.24) is 4.98 Å². The van der Waals surface area contributed by atoms with Crippen LogP contribution in [0, 0.1) is 0 Å². The first-order valence-electron chi connectivity index (χ1n) is 11.0. The molecule has 34 heavy (non-hydrogen) atoms. The van der Waals surface area contributed by atoms with E-state index in [9.17, 15) is 9.59 Å². The SMILES string of the molecule is O=C(O)/C=C/c1nc(CSCc2cccc(C(=O)O)c2)ccc1OCCCCc1ccccc1. The maximum atomic E-state index is 11.1. The van der Waals surface area contributed by atoms with Gasteiger partial charge in [0, 0.05) is 17.6 Å². The van der Waals surface area contributed by atoms with E-state index >= 15 is 0 Å². The number of pyridine rings is 1. The van der Waals surface area contributed by atoms with Crippen molar-refractivity contribution in [3.05, 3.63) is 101 Å². The van der Waals surface area contributed by atoms with Gasteiger partial charge in [0.1, 0.15) is 11.4 Å². The normalized spacial score (nSPS) is 10.9. The number of aryl methyl sites for hydroxylation is 1. The topological polar surface area (TPSA) is 96.7 Å². The lowest BCUT2D eigenvalue weighted by Crippen LogP contribution is -2.02. The summed E-state index contributed by atoms with van der Waals surface area (Å²) in [5.74, 6) is -0.196. The zero-order valence-electron chi connectivity index (χ0n) is 18.7. The van der Waals surface area contributed by atoms with Gasteiger partial charge >= 0.3 is 11.9 Å². The van der Waals surface area contributed by atoms with Crippen LogP contribution in [-0.2, 0) is 22.7 Å². The molecule has 1 heterocycles. The molecule has 0 fully saturated rings. The number of aromatic nitrogens is 1. The highest BCUT2D eigenvalue weighted by molar-refractivity contribution is 7.97. The van der Waals surface area contributed by atoms with Crippen LogP contribution in [-0.4, -0.2) is 33.7 Å². The number of hydrogen-bond acceptors (Lipinski definition) is 5. The molecule has 176 valence electrons. The van der Waals surface area contributed by atoms with Crippen molar-refractivity contribution in [2.75, 3.05) is 6.61 Å². The number of hydrogen-bond donors (Lipinski definition) is 2. The average molecular weight is 478 g/mol. The smallest absolute Gasteiger partial charge is 0.335 e. The zero-order chi connectivity index (χ0) is 24.2. The number of aromatic carboxylic acids is 1. The minimum Gasteiger partial charge on any atom is -0.491 e. The minimum absolute atomic E-state index is 0.266. The van der Waals surface area contributed by atoms with E-state index in [1.807, 2.05) is 36.4 Å². The number of unbranched alkanes of at least 4 members (excludes halogenated alkanes) is 1. The van der Waals surface area contributed by atoms with Crippen LogP contribution in [0.5, 0.6) is 5.75 Å².